The topological polar surface area (TPSA) is 94.6 Å². The fourth-order valence-corrected chi connectivity index (χ4v) is 4.03. The first kappa shape index (κ1) is 11.8. The summed E-state index contributed by atoms with van der Waals surface area (Å²) >= 11 is 0. The van der Waals surface area contributed by atoms with Crippen LogP contribution in [0.25, 0.3) is 0 Å². The van der Waals surface area contributed by atoms with Crippen molar-refractivity contribution in [1.82, 2.24) is 14.7 Å². The molecule has 0 aliphatic carbocycles. The van der Waals surface area contributed by atoms with Gasteiger partial charge < -0.3 is 10.5 Å². The zero-order valence-corrected chi connectivity index (χ0v) is 10.4. The third-order valence-corrected chi connectivity index (χ3v) is 5.25. The zero-order valence-electron chi connectivity index (χ0n) is 9.57. The highest BCUT2D eigenvalue weighted by Crippen LogP contribution is 2.33. The molecule has 2 atom stereocenters. The van der Waals surface area contributed by atoms with Crippen molar-refractivity contribution in [3.63, 3.8) is 0 Å². The first-order valence-electron chi connectivity index (χ1n) is 5.72. The fraction of sp³-hybridized carbons (Fsp3) is 0.500. The Morgan fingerprint density at radius 3 is 3.06 bits per heavy atom. The molecule has 1 aromatic heterocycles. The molecular formula is C10H14N4O3S. The van der Waals surface area contributed by atoms with Crippen molar-refractivity contribution in [3.8, 4) is 0 Å². The number of pyridine rings is 1. The molecule has 7 nitrogen and oxygen atoms in total. The van der Waals surface area contributed by atoms with E-state index >= 15 is 0 Å². The average molecular weight is 270 g/mol. The SMILES string of the molecule is O=S(=O)(C1NNc2ncccc21)N1CCC(O)C1. The molecule has 0 amide bonds. The summed E-state index contributed by atoms with van der Waals surface area (Å²) in [5.74, 6) is 0.533. The minimum Gasteiger partial charge on any atom is -0.392 e. The molecule has 3 N–H and O–H groups in total. The molecule has 18 heavy (non-hydrogen) atoms. The Kier molecular flexibility index (Phi) is 2.74. The Bertz CT molecular complexity index is 562. The van der Waals surface area contributed by atoms with Crippen LogP contribution in [0.1, 0.15) is 17.4 Å². The summed E-state index contributed by atoms with van der Waals surface area (Å²) in [6, 6.07) is 3.43. The number of sulfonamides is 1. The molecule has 0 bridgehead atoms. The van der Waals surface area contributed by atoms with Crippen LogP contribution in [0.2, 0.25) is 0 Å². The van der Waals surface area contributed by atoms with E-state index in [9.17, 15) is 13.5 Å². The third-order valence-electron chi connectivity index (χ3n) is 3.23. The van der Waals surface area contributed by atoms with Crippen LogP contribution in [-0.4, -0.2) is 42.0 Å². The van der Waals surface area contributed by atoms with Crippen molar-refractivity contribution < 1.29 is 13.5 Å². The first-order valence-corrected chi connectivity index (χ1v) is 7.23. The van der Waals surface area contributed by atoms with Crippen molar-refractivity contribution in [1.29, 1.82) is 0 Å². The van der Waals surface area contributed by atoms with E-state index in [4.69, 9.17) is 0 Å². The lowest BCUT2D eigenvalue weighted by Gasteiger charge is -2.20. The smallest absolute Gasteiger partial charge is 0.236 e. The molecule has 1 aromatic rings. The molecule has 2 aliphatic heterocycles. The Hall–Kier alpha value is -1.22. The number of β-amino-alcohol motifs (C(OH)–C–C–N with tert-alkyl or cyclic N) is 1. The number of rotatable bonds is 2. The summed E-state index contributed by atoms with van der Waals surface area (Å²) in [6.07, 6.45) is 1.52. The highest BCUT2D eigenvalue weighted by molar-refractivity contribution is 7.89. The molecule has 1 fully saturated rings. The van der Waals surface area contributed by atoms with E-state index in [1.807, 2.05) is 0 Å². The molecule has 0 aromatic carbocycles. The van der Waals surface area contributed by atoms with Gasteiger partial charge in [-0.05, 0) is 12.5 Å². The van der Waals surface area contributed by atoms with Crippen LogP contribution in [-0.2, 0) is 10.0 Å². The van der Waals surface area contributed by atoms with Crippen molar-refractivity contribution in [3.05, 3.63) is 23.9 Å². The number of aromatic nitrogens is 1. The molecule has 1 saturated heterocycles. The molecule has 0 spiro atoms. The summed E-state index contributed by atoms with van der Waals surface area (Å²) in [6.45, 7) is 0.521. The molecular weight excluding hydrogens is 256 g/mol. The van der Waals surface area contributed by atoms with Gasteiger partial charge in [-0.2, -0.15) is 4.31 Å². The lowest BCUT2D eigenvalue weighted by molar-refractivity contribution is 0.189. The van der Waals surface area contributed by atoms with Gasteiger partial charge in [-0.3, -0.25) is 0 Å². The van der Waals surface area contributed by atoms with Crippen LogP contribution in [0.15, 0.2) is 18.3 Å². The van der Waals surface area contributed by atoms with Gasteiger partial charge in [0.25, 0.3) is 0 Å². The van der Waals surface area contributed by atoms with Crippen LogP contribution >= 0.6 is 0 Å². The van der Waals surface area contributed by atoms with Crippen LogP contribution in [0.5, 0.6) is 0 Å². The van der Waals surface area contributed by atoms with Crippen molar-refractivity contribution in [2.24, 2.45) is 0 Å². The maximum atomic E-state index is 12.4. The van der Waals surface area contributed by atoms with Crippen molar-refractivity contribution in [2.75, 3.05) is 18.5 Å². The van der Waals surface area contributed by atoms with Gasteiger partial charge in [-0.1, -0.05) is 6.07 Å². The molecule has 0 saturated carbocycles. The second-order valence-electron chi connectivity index (χ2n) is 4.44. The van der Waals surface area contributed by atoms with Crippen LogP contribution in [0, 0.1) is 0 Å². The number of fused-ring (bicyclic) bond motifs is 1. The third kappa shape index (κ3) is 1.77. The fourth-order valence-electron chi connectivity index (χ4n) is 2.27. The lowest BCUT2D eigenvalue weighted by Crippen LogP contribution is -2.38. The van der Waals surface area contributed by atoms with E-state index in [1.54, 1.807) is 18.3 Å². The number of aliphatic hydroxyl groups excluding tert-OH is 1. The number of nitrogens with one attached hydrogen (secondary N) is 2. The van der Waals surface area contributed by atoms with E-state index in [0.29, 0.717) is 24.3 Å². The van der Waals surface area contributed by atoms with Gasteiger partial charge in [0.2, 0.25) is 10.0 Å². The van der Waals surface area contributed by atoms with Gasteiger partial charge in [0.05, 0.1) is 6.10 Å². The Balaban J connectivity index is 1.92. The molecule has 8 heteroatoms. The number of nitrogens with zero attached hydrogens (tertiary/aromatic N) is 2. The van der Waals surface area contributed by atoms with Crippen molar-refractivity contribution in [2.45, 2.75) is 17.9 Å². The van der Waals surface area contributed by atoms with Crippen LogP contribution < -0.4 is 10.9 Å². The highest BCUT2D eigenvalue weighted by Gasteiger charge is 2.40. The van der Waals surface area contributed by atoms with E-state index in [1.165, 1.54) is 4.31 Å². The average Bonchev–Trinajstić information content (AvgIpc) is 2.95. The Morgan fingerprint density at radius 2 is 2.33 bits per heavy atom. The van der Waals surface area contributed by atoms with Gasteiger partial charge in [-0.25, -0.2) is 18.8 Å². The Labute approximate surface area is 105 Å². The van der Waals surface area contributed by atoms with E-state index in [0.717, 1.165) is 0 Å². The van der Waals surface area contributed by atoms with Gasteiger partial charge in [0.1, 0.15) is 5.82 Å². The summed E-state index contributed by atoms with van der Waals surface area (Å²) in [4.78, 5) is 4.06. The monoisotopic (exact) mass is 270 g/mol. The summed E-state index contributed by atoms with van der Waals surface area (Å²) in [7, 11) is -3.53. The first-order chi connectivity index (χ1) is 8.59. The molecule has 2 unspecified atom stereocenters. The Morgan fingerprint density at radius 1 is 1.50 bits per heavy atom. The van der Waals surface area contributed by atoms with Crippen molar-refractivity contribution >= 4 is 15.8 Å². The normalized spacial score (nSPS) is 28.1. The zero-order chi connectivity index (χ0) is 12.8. The highest BCUT2D eigenvalue weighted by atomic mass is 32.2. The number of anilines is 1. The molecule has 2 aliphatic rings. The predicted molar refractivity (Wildman–Crippen MR) is 64.9 cm³/mol. The quantitative estimate of drug-likeness (QED) is 0.665. The maximum absolute atomic E-state index is 12.4. The lowest BCUT2D eigenvalue weighted by atomic mass is 10.3. The summed E-state index contributed by atoms with van der Waals surface area (Å²) in [5.41, 5.74) is 6.10. The van der Waals surface area contributed by atoms with Crippen LogP contribution in [0.4, 0.5) is 5.82 Å². The number of hydrogen-bond donors (Lipinski definition) is 3. The van der Waals surface area contributed by atoms with Gasteiger partial charge in [0.15, 0.2) is 5.37 Å². The standard InChI is InChI=1S/C10H14N4O3S/c15-7-3-5-14(6-7)18(16,17)10-8-2-1-4-11-9(8)12-13-10/h1-2,4,7,10,13,15H,3,5-6H2,(H,11,12). The second-order valence-corrected chi connectivity index (χ2v) is 6.45. The summed E-state index contributed by atoms with van der Waals surface area (Å²) < 4.78 is 26.2. The van der Waals surface area contributed by atoms with E-state index in [-0.39, 0.29) is 6.54 Å². The largest absolute Gasteiger partial charge is 0.392 e. The number of aliphatic hydroxyl groups is 1. The maximum Gasteiger partial charge on any atom is 0.236 e. The minimum absolute atomic E-state index is 0.163. The summed E-state index contributed by atoms with van der Waals surface area (Å²) in [5, 5.41) is 8.61. The van der Waals surface area contributed by atoms with Gasteiger partial charge in [0, 0.05) is 24.8 Å². The predicted octanol–water partition coefficient (Wildman–Crippen LogP) is -0.593. The van der Waals surface area contributed by atoms with E-state index in [2.05, 4.69) is 15.8 Å². The van der Waals surface area contributed by atoms with Crippen LogP contribution in [0.3, 0.4) is 0 Å². The molecule has 98 valence electrons. The molecule has 0 radical (unpaired) electrons. The molecule has 3 rings (SSSR count). The minimum atomic E-state index is -3.53. The van der Waals surface area contributed by atoms with Gasteiger partial charge >= 0.3 is 0 Å². The number of hydrazine groups is 1. The van der Waals surface area contributed by atoms with Gasteiger partial charge in [-0.15, -0.1) is 0 Å². The second kappa shape index (κ2) is 4.16. The number of hydrogen-bond acceptors (Lipinski definition) is 6. The molecule has 3 heterocycles. The van der Waals surface area contributed by atoms with E-state index < -0.39 is 21.5 Å².